The molecule has 0 bridgehead atoms. The lowest BCUT2D eigenvalue weighted by molar-refractivity contribution is -0.0266. The van der Waals surface area contributed by atoms with Gasteiger partial charge in [0, 0.05) is 24.8 Å². The zero-order chi connectivity index (χ0) is 19.2. The van der Waals surface area contributed by atoms with E-state index in [4.69, 9.17) is 4.74 Å². The minimum atomic E-state index is -0.462. The fraction of sp³-hybridized carbons (Fsp3) is 0.208. The van der Waals surface area contributed by atoms with Crippen LogP contribution in [-0.2, 0) is 11.3 Å². The van der Waals surface area contributed by atoms with Crippen molar-refractivity contribution in [2.45, 2.75) is 26.6 Å². The van der Waals surface area contributed by atoms with Crippen molar-refractivity contribution in [3.05, 3.63) is 107 Å². The van der Waals surface area contributed by atoms with Gasteiger partial charge in [-0.15, -0.1) is 0 Å². The van der Waals surface area contributed by atoms with E-state index in [1.165, 1.54) is 0 Å². The molecular formula is C24H25NO2. The van der Waals surface area contributed by atoms with Crippen LogP contribution in [0.15, 0.2) is 78.9 Å². The third-order valence-electron chi connectivity index (χ3n) is 4.51. The van der Waals surface area contributed by atoms with Gasteiger partial charge in [0.1, 0.15) is 0 Å². The Hall–Kier alpha value is -2.91. The quantitative estimate of drug-likeness (QED) is 0.560. The van der Waals surface area contributed by atoms with Gasteiger partial charge >= 0.3 is 0 Å². The molecule has 0 saturated heterocycles. The van der Waals surface area contributed by atoms with E-state index >= 15 is 0 Å². The Morgan fingerprint density at radius 3 is 2.00 bits per heavy atom. The largest absolute Gasteiger partial charge is 0.357 e. The Kier molecular flexibility index (Phi) is 6.05. The average Bonchev–Trinajstić information content (AvgIpc) is 2.68. The zero-order valence-corrected chi connectivity index (χ0v) is 16.1. The summed E-state index contributed by atoms with van der Waals surface area (Å²) in [5.41, 5.74) is 5.00. The van der Waals surface area contributed by atoms with Gasteiger partial charge < -0.3 is 9.64 Å². The number of ether oxygens (including phenoxy) is 1. The Bertz CT molecular complexity index is 871. The molecule has 27 heavy (non-hydrogen) atoms. The van der Waals surface area contributed by atoms with Crippen molar-refractivity contribution in [1.82, 2.24) is 4.90 Å². The summed E-state index contributed by atoms with van der Waals surface area (Å²) in [4.78, 5) is 15.1. The van der Waals surface area contributed by atoms with Gasteiger partial charge in [0.2, 0.25) is 0 Å². The van der Waals surface area contributed by atoms with Crippen LogP contribution in [0.1, 0.15) is 38.8 Å². The van der Waals surface area contributed by atoms with Crippen LogP contribution in [0.5, 0.6) is 0 Å². The van der Waals surface area contributed by atoms with Crippen LogP contribution in [0.3, 0.4) is 0 Å². The van der Waals surface area contributed by atoms with E-state index in [1.807, 2.05) is 60.7 Å². The topological polar surface area (TPSA) is 29.5 Å². The van der Waals surface area contributed by atoms with E-state index in [0.29, 0.717) is 12.1 Å². The summed E-state index contributed by atoms with van der Waals surface area (Å²) in [6.07, 6.45) is -0.462. The van der Waals surface area contributed by atoms with Gasteiger partial charge in [-0.05, 0) is 31.5 Å². The van der Waals surface area contributed by atoms with E-state index in [9.17, 15) is 4.79 Å². The highest BCUT2D eigenvalue weighted by Gasteiger charge is 2.26. The van der Waals surface area contributed by atoms with Crippen molar-refractivity contribution in [3.63, 3.8) is 0 Å². The molecule has 3 rings (SSSR count). The number of aryl methyl sites for hydroxylation is 2. The van der Waals surface area contributed by atoms with Gasteiger partial charge in [0.15, 0.2) is 6.23 Å². The zero-order valence-electron chi connectivity index (χ0n) is 16.1. The lowest BCUT2D eigenvalue weighted by atomic mass is 10.0. The Morgan fingerprint density at radius 1 is 0.889 bits per heavy atom. The van der Waals surface area contributed by atoms with Crippen molar-refractivity contribution in [2.24, 2.45) is 0 Å². The molecule has 0 aliphatic carbocycles. The van der Waals surface area contributed by atoms with Crippen LogP contribution >= 0.6 is 0 Å². The molecule has 0 heterocycles. The first kappa shape index (κ1) is 18.9. The molecule has 3 aromatic carbocycles. The van der Waals surface area contributed by atoms with E-state index in [0.717, 1.165) is 22.3 Å². The highest BCUT2D eigenvalue weighted by atomic mass is 16.5. The van der Waals surface area contributed by atoms with E-state index in [2.05, 4.69) is 32.0 Å². The number of rotatable bonds is 6. The number of benzene rings is 3. The van der Waals surface area contributed by atoms with Crippen LogP contribution in [-0.4, -0.2) is 17.9 Å². The van der Waals surface area contributed by atoms with Crippen LogP contribution in [0.2, 0.25) is 0 Å². The van der Waals surface area contributed by atoms with Crippen molar-refractivity contribution in [1.29, 1.82) is 0 Å². The van der Waals surface area contributed by atoms with Crippen LogP contribution < -0.4 is 0 Å². The van der Waals surface area contributed by atoms with Gasteiger partial charge in [-0.2, -0.15) is 0 Å². The molecule has 1 unspecified atom stereocenters. The molecule has 0 aliphatic rings. The van der Waals surface area contributed by atoms with E-state index in [-0.39, 0.29) is 5.91 Å². The minimum absolute atomic E-state index is 0.0505. The Labute approximate surface area is 161 Å². The molecule has 0 aromatic heterocycles. The highest BCUT2D eigenvalue weighted by molar-refractivity contribution is 5.94. The second-order valence-electron chi connectivity index (χ2n) is 6.79. The second-order valence-corrected chi connectivity index (χ2v) is 6.79. The summed E-state index contributed by atoms with van der Waals surface area (Å²) in [6.45, 7) is 4.59. The summed E-state index contributed by atoms with van der Waals surface area (Å²) in [6, 6.07) is 25.6. The SMILES string of the molecule is COC(c1cc(C)cc(C)c1)N(Cc1ccccc1)C(=O)c1ccccc1. The maximum atomic E-state index is 13.3. The fourth-order valence-corrected chi connectivity index (χ4v) is 3.38. The maximum absolute atomic E-state index is 13.3. The van der Waals surface area contributed by atoms with E-state index < -0.39 is 6.23 Å². The summed E-state index contributed by atoms with van der Waals surface area (Å²) in [5.74, 6) is -0.0505. The fourth-order valence-electron chi connectivity index (χ4n) is 3.38. The van der Waals surface area contributed by atoms with E-state index in [1.54, 1.807) is 12.0 Å². The molecule has 0 radical (unpaired) electrons. The molecule has 0 saturated carbocycles. The normalized spacial score (nSPS) is 11.8. The third kappa shape index (κ3) is 4.63. The second kappa shape index (κ2) is 8.65. The van der Waals surface area contributed by atoms with Crippen LogP contribution in [0, 0.1) is 13.8 Å². The van der Waals surface area contributed by atoms with Gasteiger partial charge in [-0.1, -0.05) is 77.9 Å². The average molecular weight is 359 g/mol. The molecule has 3 heteroatoms. The molecule has 0 aliphatic heterocycles. The standard InChI is InChI=1S/C24H25NO2/c1-18-14-19(2)16-22(15-18)24(27-3)25(17-20-10-6-4-7-11-20)23(26)21-12-8-5-9-13-21/h4-16,24H,17H2,1-3H3. The predicted octanol–water partition coefficient (Wildman–Crippen LogP) is 5.29. The Balaban J connectivity index is 2.02. The summed E-state index contributed by atoms with van der Waals surface area (Å²) in [7, 11) is 1.65. The number of methoxy groups -OCH3 is 1. The number of hydrogen-bond acceptors (Lipinski definition) is 2. The maximum Gasteiger partial charge on any atom is 0.256 e. The molecule has 0 spiro atoms. The van der Waals surface area contributed by atoms with Crippen molar-refractivity contribution >= 4 is 5.91 Å². The highest BCUT2D eigenvalue weighted by Crippen LogP contribution is 2.27. The predicted molar refractivity (Wildman–Crippen MR) is 108 cm³/mol. The number of nitrogens with zero attached hydrogens (tertiary/aromatic N) is 1. The van der Waals surface area contributed by atoms with Crippen molar-refractivity contribution in [3.8, 4) is 0 Å². The van der Waals surface area contributed by atoms with Crippen molar-refractivity contribution < 1.29 is 9.53 Å². The summed E-state index contributed by atoms with van der Waals surface area (Å²) >= 11 is 0. The van der Waals surface area contributed by atoms with Gasteiger partial charge in [0.25, 0.3) is 5.91 Å². The molecule has 3 aromatic rings. The molecule has 138 valence electrons. The van der Waals surface area contributed by atoms with Crippen LogP contribution in [0.4, 0.5) is 0 Å². The van der Waals surface area contributed by atoms with Gasteiger partial charge in [-0.25, -0.2) is 0 Å². The van der Waals surface area contributed by atoms with Gasteiger partial charge in [-0.3, -0.25) is 4.79 Å². The first-order valence-electron chi connectivity index (χ1n) is 9.09. The monoisotopic (exact) mass is 359 g/mol. The lowest BCUT2D eigenvalue weighted by Gasteiger charge is -2.31. The number of carbonyl (C=O) groups excluding carboxylic acids is 1. The lowest BCUT2D eigenvalue weighted by Crippen LogP contribution is -2.35. The first-order valence-corrected chi connectivity index (χ1v) is 9.09. The molecule has 1 atom stereocenters. The number of carbonyl (C=O) groups is 1. The third-order valence-corrected chi connectivity index (χ3v) is 4.51. The number of hydrogen-bond donors (Lipinski definition) is 0. The summed E-state index contributed by atoms with van der Waals surface area (Å²) in [5, 5.41) is 0. The molecule has 0 fully saturated rings. The Morgan fingerprint density at radius 2 is 1.44 bits per heavy atom. The smallest absolute Gasteiger partial charge is 0.256 e. The van der Waals surface area contributed by atoms with Crippen LogP contribution in [0.25, 0.3) is 0 Å². The van der Waals surface area contributed by atoms with Gasteiger partial charge in [0.05, 0.1) is 0 Å². The molecular weight excluding hydrogens is 334 g/mol. The van der Waals surface area contributed by atoms with Crippen molar-refractivity contribution in [2.75, 3.05) is 7.11 Å². The summed E-state index contributed by atoms with van der Waals surface area (Å²) < 4.78 is 5.83. The number of amides is 1. The first-order chi connectivity index (χ1) is 13.1. The molecule has 0 N–H and O–H groups in total. The molecule has 1 amide bonds. The molecule has 3 nitrogen and oxygen atoms in total. The minimum Gasteiger partial charge on any atom is -0.357 e.